The van der Waals surface area contributed by atoms with E-state index < -0.39 is 5.60 Å². The van der Waals surface area contributed by atoms with Gasteiger partial charge in [-0.2, -0.15) is 0 Å². The van der Waals surface area contributed by atoms with Crippen LogP contribution in [-0.2, 0) is 11.3 Å². The number of hydrogen-bond acceptors (Lipinski definition) is 3. The summed E-state index contributed by atoms with van der Waals surface area (Å²) in [6.45, 7) is 7.27. The molecular formula is C15H22BrFN2O2. The molecule has 4 nitrogen and oxygen atoms in total. The van der Waals surface area contributed by atoms with Crippen molar-refractivity contribution in [2.75, 3.05) is 20.1 Å². The van der Waals surface area contributed by atoms with Gasteiger partial charge in [0.25, 0.3) is 0 Å². The van der Waals surface area contributed by atoms with Gasteiger partial charge in [-0.1, -0.05) is 22.0 Å². The minimum Gasteiger partial charge on any atom is -0.444 e. The smallest absolute Gasteiger partial charge is 0.410 e. The van der Waals surface area contributed by atoms with Crippen LogP contribution in [0.2, 0.25) is 0 Å². The van der Waals surface area contributed by atoms with Crippen LogP contribution in [0.5, 0.6) is 0 Å². The van der Waals surface area contributed by atoms with Crippen LogP contribution in [0.4, 0.5) is 9.18 Å². The summed E-state index contributed by atoms with van der Waals surface area (Å²) in [6.07, 6.45) is -0.340. The Bertz CT molecular complexity index is 489. The third-order valence-electron chi connectivity index (χ3n) is 2.66. The van der Waals surface area contributed by atoms with E-state index in [0.29, 0.717) is 19.6 Å². The zero-order chi connectivity index (χ0) is 16.0. The van der Waals surface area contributed by atoms with Gasteiger partial charge in [0.05, 0.1) is 0 Å². The first-order chi connectivity index (χ1) is 9.69. The van der Waals surface area contributed by atoms with Crippen molar-refractivity contribution < 1.29 is 13.9 Å². The van der Waals surface area contributed by atoms with E-state index in [0.717, 1.165) is 10.0 Å². The fourth-order valence-electron chi connectivity index (χ4n) is 1.57. The standard InChI is InChI=1S/C15H22BrFN2O2/c1-15(2,3)21-14(20)19(4)8-7-18-10-11-5-6-12(17)9-13(11)16/h5-6,9,18H,7-8,10H2,1-4H3. The Balaban J connectivity index is 2.32. The van der Waals surface area contributed by atoms with Gasteiger partial charge in [0.15, 0.2) is 0 Å². The molecule has 0 fully saturated rings. The van der Waals surface area contributed by atoms with Crippen molar-refractivity contribution in [3.63, 3.8) is 0 Å². The number of halogens is 2. The first kappa shape index (κ1) is 17.9. The van der Waals surface area contributed by atoms with E-state index in [-0.39, 0.29) is 11.9 Å². The predicted molar refractivity (Wildman–Crippen MR) is 84.7 cm³/mol. The van der Waals surface area contributed by atoms with Crippen LogP contribution in [0.1, 0.15) is 26.3 Å². The lowest BCUT2D eigenvalue weighted by molar-refractivity contribution is 0.0300. The maximum Gasteiger partial charge on any atom is 0.410 e. The maximum atomic E-state index is 13.0. The minimum atomic E-state index is -0.488. The summed E-state index contributed by atoms with van der Waals surface area (Å²) in [5.74, 6) is -0.268. The number of nitrogens with zero attached hydrogens (tertiary/aromatic N) is 1. The zero-order valence-corrected chi connectivity index (χ0v) is 14.5. The largest absolute Gasteiger partial charge is 0.444 e. The number of nitrogens with one attached hydrogen (secondary N) is 1. The number of carbonyl (C=O) groups excluding carboxylic acids is 1. The van der Waals surface area contributed by atoms with Crippen LogP contribution in [0.15, 0.2) is 22.7 Å². The molecule has 0 spiro atoms. The number of amides is 1. The van der Waals surface area contributed by atoms with E-state index in [1.165, 1.54) is 17.0 Å². The van der Waals surface area contributed by atoms with Crippen molar-refractivity contribution in [3.05, 3.63) is 34.1 Å². The molecule has 0 saturated carbocycles. The monoisotopic (exact) mass is 360 g/mol. The van der Waals surface area contributed by atoms with E-state index in [2.05, 4.69) is 21.2 Å². The summed E-state index contributed by atoms with van der Waals surface area (Å²) >= 11 is 3.32. The Morgan fingerprint density at radius 1 is 1.43 bits per heavy atom. The van der Waals surface area contributed by atoms with Crippen molar-refractivity contribution in [2.45, 2.75) is 32.9 Å². The molecule has 0 bridgehead atoms. The first-order valence-corrected chi connectivity index (χ1v) is 7.57. The lowest BCUT2D eigenvalue weighted by Crippen LogP contribution is -2.37. The molecule has 1 aromatic rings. The third kappa shape index (κ3) is 6.91. The van der Waals surface area contributed by atoms with Gasteiger partial charge in [-0.25, -0.2) is 9.18 Å². The summed E-state index contributed by atoms with van der Waals surface area (Å²) in [7, 11) is 1.70. The Kier molecular flexibility index (Phi) is 6.61. The average molecular weight is 361 g/mol. The van der Waals surface area contributed by atoms with Crippen LogP contribution >= 0.6 is 15.9 Å². The summed E-state index contributed by atoms with van der Waals surface area (Å²) in [4.78, 5) is 13.3. The molecule has 1 aromatic carbocycles. The second-order valence-corrected chi connectivity index (χ2v) is 6.67. The van der Waals surface area contributed by atoms with Gasteiger partial charge in [-0.05, 0) is 38.5 Å². The molecule has 1 N–H and O–H groups in total. The molecule has 0 aliphatic rings. The molecule has 6 heteroatoms. The Morgan fingerprint density at radius 3 is 2.67 bits per heavy atom. The number of likely N-dealkylation sites (N-methyl/N-ethyl adjacent to an activating group) is 1. The summed E-state index contributed by atoms with van der Waals surface area (Å²) in [6, 6.07) is 4.59. The highest BCUT2D eigenvalue weighted by atomic mass is 79.9. The van der Waals surface area contributed by atoms with Crippen LogP contribution in [0.25, 0.3) is 0 Å². The fourth-order valence-corrected chi connectivity index (χ4v) is 2.06. The molecule has 0 radical (unpaired) electrons. The molecular weight excluding hydrogens is 339 g/mol. The Labute approximate surface area is 133 Å². The van der Waals surface area contributed by atoms with E-state index in [4.69, 9.17) is 4.74 Å². The molecule has 0 aromatic heterocycles. The van der Waals surface area contributed by atoms with Gasteiger partial charge in [-0.3, -0.25) is 0 Å². The minimum absolute atomic E-state index is 0.268. The number of carbonyl (C=O) groups is 1. The molecule has 0 aliphatic carbocycles. The molecule has 0 aliphatic heterocycles. The third-order valence-corrected chi connectivity index (χ3v) is 3.40. The zero-order valence-electron chi connectivity index (χ0n) is 12.9. The fraction of sp³-hybridized carbons (Fsp3) is 0.533. The number of benzene rings is 1. The Morgan fingerprint density at radius 2 is 2.10 bits per heavy atom. The molecule has 1 rings (SSSR count). The van der Waals surface area contributed by atoms with E-state index in [9.17, 15) is 9.18 Å². The van der Waals surface area contributed by atoms with Gasteiger partial charge in [0, 0.05) is 31.2 Å². The lowest BCUT2D eigenvalue weighted by Gasteiger charge is -2.24. The SMILES string of the molecule is CN(CCNCc1ccc(F)cc1Br)C(=O)OC(C)(C)C. The quantitative estimate of drug-likeness (QED) is 0.816. The highest BCUT2D eigenvalue weighted by Crippen LogP contribution is 2.17. The van der Waals surface area contributed by atoms with E-state index in [1.54, 1.807) is 13.1 Å². The molecule has 21 heavy (non-hydrogen) atoms. The highest BCUT2D eigenvalue weighted by Gasteiger charge is 2.19. The van der Waals surface area contributed by atoms with Crippen molar-refractivity contribution in [3.8, 4) is 0 Å². The van der Waals surface area contributed by atoms with E-state index >= 15 is 0 Å². The van der Waals surface area contributed by atoms with Crippen LogP contribution in [0, 0.1) is 5.82 Å². The predicted octanol–water partition coefficient (Wildman–Crippen LogP) is 3.54. The second-order valence-electron chi connectivity index (χ2n) is 5.81. The van der Waals surface area contributed by atoms with Crippen LogP contribution in [-0.4, -0.2) is 36.7 Å². The van der Waals surface area contributed by atoms with Gasteiger partial charge in [-0.15, -0.1) is 0 Å². The summed E-state index contributed by atoms with van der Waals surface area (Å²) in [5.41, 5.74) is 0.480. The van der Waals surface area contributed by atoms with Crippen molar-refractivity contribution in [1.29, 1.82) is 0 Å². The number of rotatable bonds is 5. The first-order valence-electron chi connectivity index (χ1n) is 6.78. The average Bonchev–Trinajstić information content (AvgIpc) is 2.34. The van der Waals surface area contributed by atoms with E-state index in [1.807, 2.05) is 20.8 Å². The van der Waals surface area contributed by atoms with Crippen LogP contribution < -0.4 is 5.32 Å². The molecule has 1 amide bonds. The van der Waals surface area contributed by atoms with Gasteiger partial charge in [0.1, 0.15) is 11.4 Å². The van der Waals surface area contributed by atoms with Gasteiger partial charge < -0.3 is 15.0 Å². The molecule has 0 heterocycles. The number of hydrogen-bond donors (Lipinski definition) is 1. The van der Waals surface area contributed by atoms with Gasteiger partial charge in [0.2, 0.25) is 0 Å². The maximum absolute atomic E-state index is 13.0. The van der Waals surface area contributed by atoms with Crippen molar-refractivity contribution in [1.82, 2.24) is 10.2 Å². The highest BCUT2D eigenvalue weighted by molar-refractivity contribution is 9.10. The molecule has 0 unspecified atom stereocenters. The Hall–Kier alpha value is -1.14. The lowest BCUT2D eigenvalue weighted by atomic mass is 10.2. The molecule has 118 valence electrons. The van der Waals surface area contributed by atoms with Gasteiger partial charge >= 0.3 is 6.09 Å². The number of ether oxygens (including phenoxy) is 1. The second kappa shape index (κ2) is 7.75. The molecule has 0 atom stereocenters. The summed E-state index contributed by atoms with van der Waals surface area (Å²) < 4.78 is 18.9. The normalized spacial score (nSPS) is 11.3. The van der Waals surface area contributed by atoms with Crippen molar-refractivity contribution in [2.24, 2.45) is 0 Å². The summed E-state index contributed by atoms with van der Waals surface area (Å²) in [5, 5.41) is 3.21. The molecule has 0 saturated heterocycles. The topological polar surface area (TPSA) is 41.6 Å². The van der Waals surface area contributed by atoms with Crippen molar-refractivity contribution >= 4 is 22.0 Å². The van der Waals surface area contributed by atoms with Crippen LogP contribution in [0.3, 0.4) is 0 Å².